The van der Waals surface area contributed by atoms with Crippen LogP contribution in [0.5, 0.6) is 5.75 Å². The van der Waals surface area contributed by atoms with Gasteiger partial charge in [0.05, 0.1) is 11.5 Å². The topological polar surface area (TPSA) is 93.8 Å². The van der Waals surface area contributed by atoms with E-state index in [1.807, 2.05) is 0 Å². The largest absolute Gasteiger partial charge is 0.493 e. The van der Waals surface area contributed by atoms with Gasteiger partial charge in [-0.2, -0.15) is 0 Å². The molecule has 0 aromatic heterocycles. The van der Waals surface area contributed by atoms with Crippen LogP contribution in [0.3, 0.4) is 0 Å². The average molecular weight is 393 g/mol. The highest BCUT2D eigenvalue weighted by Crippen LogP contribution is 2.46. The molecule has 2 aromatic carbocycles. The Morgan fingerprint density at radius 1 is 1.23 bits per heavy atom. The molecular formula is C17H16FN3O3S2. The summed E-state index contributed by atoms with van der Waals surface area (Å²) in [4.78, 5) is 4.57. The van der Waals surface area contributed by atoms with Crippen LogP contribution >= 0.6 is 11.8 Å². The molecule has 1 unspecified atom stereocenters. The molecular weight excluding hydrogens is 377 g/mol. The number of thioether (sulfide) groups is 1. The fourth-order valence-corrected chi connectivity index (χ4v) is 5.15. The molecule has 0 saturated heterocycles. The van der Waals surface area contributed by atoms with Crippen LogP contribution in [-0.2, 0) is 15.6 Å². The fourth-order valence-electron chi connectivity index (χ4n) is 3.11. The third-order valence-electron chi connectivity index (χ3n) is 4.41. The van der Waals surface area contributed by atoms with Gasteiger partial charge in [-0.05, 0) is 42.5 Å². The number of hydrogen-bond donors (Lipinski definition) is 2. The molecule has 0 fully saturated rings. The highest BCUT2D eigenvalue weighted by Gasteiger charge is 2.41. The second-order valence-electron chi connectivity index (χ2n) is 6.14. The molecule has 1 atom stereocenters. The highest BCUT2D eigenvalue weighted by atomic mass is 32.2. The van der Waals surface area contributed by atoms with Gasteiger partial charge in [0.25, 0.3) is 10.0 Å². The molecule has 9 heteroatoms. The first-order valence-corrected chi connectivity index (χ1v) is 10.4. The first-order valence-electron chi connectivity index (χ1n) is 7.92. The molecule has 26 heavy (non-hydrogen) atoms. The molecule has 2 aromatic rings. The second kappa shape index (κ2) is 6.17. The number of amidine groups is 1. The number of halogens is 1. The Kier molecular flexibility index (Phi) is 4.07. The predicted octanol–water partition coefficient (Wildman–Crippen LogP) is 2.67. The van der Waals surface area contributed by atoms with Crippen molar-refractivity contribution in [2.24, 2.45) is 10.7 Å². The number of nitrogens with two attached hydrogens (primary N) is 1. The van der Waals surface area contributed by atoms with Gasteiger partial charge in [0, 0.05) is 23.4 Å². The van der Waals surface area contributed by atoms with Crippen molar-refractivity contribution in [2.75, 3.05) is 17.1 Å². The Labute approximate surface area is 154 Å². The second-order valence-corrected chi connectivity index (χ2v) is 8.82. The SMILES string of the molecule is NC1=NC2(CCOc3ccc(NS(=O)(=O)c4ccc(F)cc4)cc32)CS1. The number of anilines is 1. The zero-order chi connectivity index (χ0) is 18.4. The number of aliphatic imine (C=N–C) groups is 1. The number of rotatable bonds is 3. The lowest BCUT2D eigenvalue weighted by Crippen LogP contribution is -2.32. The van der Waals surface area contributed by atoms with E-state index < -0.39 is 21.4 Å². The average Bonchev–Trinajstić information content (AvgIpc) is 2.97. The smallest absolute Gasteiger partial charge is 0.261 e. The van der Waals surface area contributed by atoms with Crippen molar-refractivity contribution >= 4 is 32.6 Å². The molecule has 0 bridgehead atoms. The van der Waals surface area contributed by atoms with E-state index >= 15 is 0 Å². The standard InChI is InChI=1S/C17H16FN3O3S2/c18-11-1-4-13(5-2-11)26(22,23)21-12-3-6-15-14(9-12)17(7-8-24-15)10-25-16(19)20-17/h1-6,9,21H,7-8,10H2,(H2,19,20). The Morgan fingerprint density at radius 2 is 2.00 bits per heavy atom. The van der Waals surface area contributed by atoms with Crippen LogP contribution in [0.2, 0.25) is 0 Å². The van der Waals surface area contributed by atoms with Crippen LogP contribution in [0, 0.1) is 5.82 Å². The van der Waals surface area contributed by atoms with Crippen LogP contribution in [0.1, 0.15) is 12.0 Å². The number of nitrogens with zero attached hydrogens (tertiary/aromatic N) is 1. The third-order valence-corrected chi connectivity index (χ3v) is 6.82. The van der Waals surface area contributed by atoms with Gasteiger partial charge in [-0.1, -0.05) is 11.8 Å². The van der Waals surface area contributed by atoms with E-state index in [0.29, 0.717) is 35.4 Å². The highest BCUT2D eigenvalue weighted by molar-refractivity contribution is 8.14. The number of hydrogen-bond acceptors (Lipinski definition) is 6. The lowest BCUT2D eigenvalue weighted by atomic mass is 9.86. The summed E-state index contributed by atoms with van der Waals surface area (Å²) in [5, 5.41) is 0.523. The third kappa shape index (κ3) is 3.01. The van der Waals surface area contributed by atoms with Gasteiger partial charge >= 0.3 is 0 Å². The lowest BCUT2D eigenvalue weighted by Gasteiger charge is -2.32. The molecule has 0 saturated carbocycles. The minimum absolute atomic E-state index is 0.0127. The van der Waals surface area contributed by atoms with Gasteiger partial charge < -0.3 is 10.5 Å². The number of nitrogens with one attached hydrogen (secondary N) is 1. The number of fused-ring (bicyclic) bond motifs is 2. The molecule has 4 rings (SSSR count). The van der Waals surface area contributed by atoms with Crippen LogP contribution in [0.15, 0.2) is 52.4 Å². The summed E-state index contributed by atoms with van der Waals surface area (Å²) < 4.78 is 46.3. The van der Waals surface area contributed by atoms with E-state index in [1.165, 1.54) is 23.9 Å². The van der Waals surface area contributed by atoms with Gasteiger partial charge in [0.1, 0.15) is 17.1 Å². The molecule has 0 radical (unpaired) electrons. The molecule has 2 heterocycles. The van der Waals surface area contributed by atoms with Gasteiger partial charge in [-0.25, -0.2) is 12.8 Å². The molecule has 1 spiro atoms. The lowest BCUT2D eigenvalue weighted by molar-refractivity contribution is 0.232. The summed E-state index contributed by atoms with van der Waals surface area (Å²) in [5.41, 5.74) is 6.58. The monoisotopic (exact) mass is 393 g/mol. The molecule has 2 aliphatic heterocycles. The molecule has 136 valence electrons. The van der Waals surface area contributed by atoms with E-state index in [1.54, 1.807) is 18.2 Å². The zero-order valence-electron chi connectivity index (χ0n) is 13.6. The molecule has 3 N–H and O–H groups in total. The van der Waals surface area contributed by atoms with Crippen LogP contribution in [0.25, 0.3) is 0 Å². The van der Waals surface area contributed by atoms with E-state index in [0.717, 1.165) is 17.7 Å². The van der Waals surface area contributed by atoms with E-state index in [9.17, 15) is 12.8 Å². The Balaban J connectivity index is 1.69. The summed E-state index contributed by atoms with van der Waals surface area (Å²) in [6, 6.07) is 9.76. The van der Waals surface area contributed by atoms with Crippen LogP contribution in [-0.4, -0.2) is 25.9 Å². The van der Waals surface area contributed by atoms with Crippen molar-refractivity contribution in [3.8, 4) is 5.75 Å². The molecule has 6 nitrogen and oxygen atoms in total. The van der Waals surface area contributed by atoms with Crippen molar-refractivity contribution in [3.63, 3.8) is 0 Å². The van der Waals surface area contributed by atoms with Gasteiger partial charge in [0.2, 0.25) is 0 Å². The van der Waals surface area contributed by atoms with E-state index in [-0.39, 0.29) is 4.90 Å². The summed E-state index contributed by atoms with van der Waals surface area (Å²) in [7, 11) is -3.83. The van der Waals surface area contributed by atoms with E-state index in [4.69, 9.17) is 10.5 Å². The van der Waals surface area contributed by atoms with Crippen molar-refractivity contribution in [1.82, 2.24) is 0 Å². The van der Waals surface area contributed by atoms with Gasteiger partial charge in [0.15, 0.2) is 5.17 Å². The number of sulfonamides is 1. The minimum atomic E-state index is -3.83. The summed E-state index contributed by atoms with van der Waals surface area (Å²) >= 11 is 1.48. The quantitative estimate of drug-likeness (QED) is 0.836. The van der Waals surface area contributed by atoms with Gasteiger partial charge in [-0.15, -0.1) is 0 Å². The summed E-state index contributed by atoms with van der Waals surface area (Å²) in [6.45, 7) is 0.533. The molecule has 0 aliphatic carbocycles. The summed E-state index contributed by atoms with van der Waals surface area (Å²) in [6.07, 6.45) is 0.682. The van der Waals surface area contributed by atoms with Crippen LogP contribution < -0.4 is 15.2 Å². The molecule has 0 amide bonds. The Morgan fingerprint density at radius 3 is 2.69 bits per heavy atom. The molecule has 2 aliphatic rings. The van der Waals surface area contributed by atoms with Crippen molar-refractivity contribution < 1.29 is 17.5 Å². The van der Waals surface area contributed by atoms with Crippen molar-refractivity contribution in [3.05, 3.63) is 53.8 Å². The minimum Gasteiger partial charge on any atom is -0.493 e. The first kappa shape index (κ1) is 17.2. The zero-order valence-corrected chi connectivity index (χ0v) is 15.2. The van der Waals surface area contributed by atoms with Gasteiger partial charge in [-0.3, -0.25) is 9.71 Å². The Bertz CT molecular complexity index is 993. The van der Waals surface area contributed by atoms with Crippen molar-refractivity contribution in [1.29, 1.82) is 0 Å². The van der Waals surface area contributed by atoms with Crippen molar-refractivity contribution in [2.45, 2.75) is 16.9 Å². The summed E-state index contributed by atoms with van der Waals surface area (Å²) in [5.74, 6) is 0.884. The first-order chi connectivity index (χ1) is 12.4. The maximum absolute atomic E-state index is 13.0. The predicted molar refractivity (Wildman–Crippen MR) is 99.5 cm³/mol. The maximum atomic E-state index is 13.0. The van der Waals surface area contributed by atoms with Crippen LogP contribution in [0.4, 0.5) is 10.1 Å². The normalized spacial score (nSPS) is 21.8. The number of ether oxygens (including phenoxy) is 1. The van der Waals surface area contributed by atoms with E-state index in [2.05, 4.69) is 9.71 Å². The fraction of sp³-hybridized carbons (Fsp3) is 0.235. The maximum Gasteiger partial charge on any atom is 0.261 e. The Hall–Kier alpha value is -2.26. The number of benzene rings is 2.